The minimum atomic E-state index is -0.463. The summed E-state index contributed by atoms with van der Waals surface area (Å²) < 4.78 is 0. The van der Waals surface area contributed by atoms with E-state index in [1.165, 1.54) is 21.7 Å². The Labute approximate surface area is 138 Å². The Hall–Kier alpha value is -1.95. The van der Waals surface area contributed by atoms with Gasteiger partial charge in [0.1, 0.15) is 0 Å². The van der Waals surface area contributed by atoms with Crippen molar-refractivity contribution in [3.8, 4) is 0 Å². The number of rotatable bonds is 3. The summed E-state index contributed by atoms with van der Waals surface area (Å²) in [6.07, 6.45) is 1.08. The molecule has 1 aliphatic rings. The topological polar surface area (TPSA) is 26.0 Å². The van der Waals surface area contributed by atoms with Crippen molar-refractivity contribution in [2.45, 2.75) is 18.1 Å². The monoisotopic (exact) mass is 317 g/mol. The molecule has 0 radical (unpaired) electrons. The first-order chi connectivity index (χ1) is 11.3. The van der Waals surface area contributed by atoms with Gasteiger partial charge in [-0.2, -0.15) is 0 Å². The van der Waals surface area contributed by atoms with Gasteiger partial charge in [0, 0.05) is 11.7 Å². The Morgan fingerprint density at radius 2 is 1.22 bits per heavy atom. The lowest BCUT2D eigenvalue weighted by atomic mass is 10.1. The molecule has 0 heterocycles. The van der Waals surface area contributed by atoms with Gasteiger partial charge in [0.2, 0.25) is 0 Å². The summed E-state index contributed by atoms with van der Waals surface area (Å²) in [7, 11) is -0.463. The number of hydrogen-bond donors (Lipinski definition) is 1. The van der Waals surface area contributed by atoms with Crippen LogP contribution in [-0.2, 0) is 6.42 Å². The van der Waals surface area contributed by atoms with E-state index in [-0.39, 0.29) is 6.04 Å². The first-order valence-corrected chi connectivity index (χ1v) is 9.48. The molecule has 0 spiro atoms. The standard InChI is InChI=1S/C21H20NP/c22-21-19-14-8-7-9-16(19)15-20(21)23(17-10-3-1-4-11-17)18-12-5-2-6-13-18/h1-14,20-21H,15,22H2/t20?,21-/m1/s1. The fraction of sp³-hybridized carbons (Fsp3) is 0.143. The van der Waals surface area contributed by atoms with E-state index in [1.807, 2.05) is 0 Å². The number of fused-ring (bicyclic) bond motifs is 1. The van der Waals surface area contributed by atoms with Gasteiger partial charge < -0.3 is 5.73 Å². The maximum atomic E-state index is 6.68. The molecule has 4 rings (SSSR count). The summed E-state index contributed by atoms with van der Waals surface area (Å²) in [5, 5.41) is 2.84. The molecule has 2 N–H and O–H groups in total. The summed E-state index contributed by atoms with van der Waals surface area (Å²) >= 11 is 0. The molecular formula is C21H20NP. The molecule has 1 unspecified atom stereocenters. The first kappa shape index (κ1) is 14.6. The van der Waals surface area contributed by atoms with Crippen LogP contribution in [0.15, 0.2) is 84.9 Å². The molecule has 0 fully saturated rings. The van der Waals surface area contributed by atoms with Crippen LogP contribution >= 0.6 is 7.92 Å². The molecule has 114 valence electrons. The van der Waals surface area contributed by atoms with Gasteiger partial charge >= 0.3 is 0 Å². The SMILES string of the molecule is N[C@@H]1c2ccccc2CC1P(c1ccccc1)c1ccccc1. The zero-order valence-electron chi connectivity index (χ0n) is 13.0. The van der Waals surface area contributed by atoms with Crippen molar-refractivity contribution in [1.82, 2.24) is 0 Å². The van der Waals surface area contributed by atoms with Gasteiger partial charge in [0.25, 0.3) is 0 Å². The van der Waals surface area contributed by atoms with E-state index < -0.39 is 7.92 Å². The van der Waals surface area contributed by atoms with Crippen LogP contribution in [0.4, 0.5) is 0 Å². The summed E-state index contributed by atoms with van der Waals surface area (Å²) in [6, 6.07) is 30.6. The Bertz CT molecular complexity index is 746. The van der Waals surface area contributed by atoms with Gasteiger partial charge in [-0.1, -0.05) is 84.9 Å². The number of hydrogen-bond acceptors (Lipinski definition) is 1. The van der Waals surface area contributed by atoms with E-state index in [1.54, 1.807) is 0 Å². The van der Waals surface area contributed by atoms with Crippen LogP contribution in [0, 0.1) is 0 Å². The zero-order chi connectivity index (χ0) is 15.6. The van der Waals surface area contributed by atoms with Crippen molar-refractivity contribution in [3.05, 3.63) is 96.1 Å². The van der Waals surface area contributed by atoms with Crippen LogP contribution in [0.3, 0.4) is 0 Å². The summed E-state index contributed by atoms with van der Waals surface area (Å²) in [5.41, 5.74) is 9.90. The van der Waals surface area contributed by atoms with Crippen LogP contribution in [0.1, 0.15) is 17.2 Å². The molecule has 1 nitrogen and oxygen atoms in total. The maximum Gasteiger partial charge on any atom is 0.0375 e. The molecule has 3 aromatic carbocycles. The van der Waals surface area contributed by atoms with Gasteiger partial charge in [-0.3, -0.25) is 0 Å². The summed E-state index contributed by atoms with van der Waals surface area (Å²) in [5.74, 6) is 0. The van der Waals surface area contributed by atoms with Crippen LogP contribution in [0.5, 0.6) is 0 Å². The predicted octanol–water partition coefficient (Wildman–Crippen LogP) is 3.74. The molecule has 0 bridgehead atoms. The van der Waals surface area contributed by atoms with Gasteiger partial charge in [0.15, 0.2) is 0 Å². The minimum Gasteiger partial charge on any atom is -0.323 e. The van der Waals surface area contributed by atoms with Gasteiger partial charge in [-0.15, -0.1) is 0 Å². The number of benzene rings is 3. The van der Waals surface area contributed by atoms with Gasteiger partial charge in [-0.25, -0.2) is 0 Å². The quantitative estimate of drug-likeness (QED) is 0.732. The summed E-state index contributed by atoms with van der Waals surface area (Å²) in [4.78, 5) is 0. The first-order valence-electron chi connectivity index (χ1n) is 8.07. The van der Waals surface area contributed by atoms with Crippen LogP contribution in [0.2, 0.25) is 0 Å². The molecule has 0 saturated carbocycles. The lowest BCUT2D eigenvalue weighted by molar-refractivity contribution is 0.726. The average Bonchev–Trinajstić information content (AvgIpc) is 2.94. The van der Waals surface area contributed by atoms with Crippen molar-refractivity contribution >= 4 is 18.5 Å². The zero-order valence-corrected chi connectivity index (χ0v) is 13.9. The molecule has 1 aliphatic carbocycles. The molecule has 0 saturated heterocycles. The molecule has 2 heteroatoms. The fourth-order valence-corrected chi connectivity index (χ4v) is 6.48. The lowest BCUT2D eigenvalue weighted by Gasteiger charge is -2.28. The van der Waals surface area contributed by atoms with Crippen LogP contribution < -0.4 is 16.3 Å². The molecule has 23 heavy (non-hydrogen) atoms. The fourth-order valence-electron chi connectivity index (χ4n) is 3.57. The Morgan fingerprint density at radius 1 is 0.696 bits per heavy atom. The third kappa shape index (κ3) is 2.72. The van der Waals surface area contributed by atoms with Crippen molar-refractivity contribution in [3.63, 3.8) is 0 Å². The van der Waals surface area contributed by atoms with E-state index in [2.05, 4.69) is 84.9 Å². The maximum absolute atomic E-state index is 6.68. The Balaban J connectivity index is 1.79. The highest BCUT2D eigenvalue weighted by Crippen LogP contribution is 2.50. The third-order valence-electron chi connectivity index (χ3n) is 4.66. The van der Waals surface area contributed by atoms with Crippen molar-refractivity contribution in [2.24, 2.45) is 5.73 Å². The van der Waals surface area contributed by atoms with Gasteiger partial charge in [-0.05, 0) is 36.1 Å². The Morgan fingerprint density at radius 3 is 1.78 bits per heavy atom. The molecule has 0 aliphatic heterocycles. The van der Waals surface area contributed by atoms with Crippen molar-refractivity contribution < 1.29 is 0 Å². The highest BCUT2D eigenvalue weighted by Gasteiger charge is 2.36. The van der Waals surface area contributed by atoms with E-state index in [9.17, 15) is 0 Å². The molecule has 0 aromatic heterocycles. The third-order valence-corrected chi connectivity index (χ3v) is 7.53. The normalized spacial score (nSPS) is 19.7. The van der Waals surface area contributed by atoms with Crippen molar-refractivity contribution in [1.29, 1.82) is 0 Å². The minimum absolute atomic E-state index is 0.123. The van der Waals surface area contributed by atoms with Crippen LogP contribution in [-0.4, -0.2) is 5.66 Å². The molecular weight excluding hydrogens is 297 g/mol. The molecule has 3 aromatic rings. The van der Waals surface area contributed by atoms with E-state index in [4.69, 9.17) is 5.73 Å². The predicted molar refractivity (Wildman–Crippen MR) is 99.9 cm³/mol. The van der Waals surface area contributed by atoms with E-state index in [0.29, 0.717) is 5.66 Å². The highest BCUT2D eigenvalue weighted by atomic mass is 31.1. The summed E-state index contributed by atoms with van der Waals surface area (Å²) in [6.45, 7) is 0. The van der Waals surface area contributed by atoms with Crippen molar-refractivity contribution in [2.75, 3.05) is 0 Å². The smallest absolute Gasteiger partial charge is 0.0375 e. The second kappa shape index (κ2) is 6.28. The van der Waals surface area contributed by atoms with Crippen LogP contribution in [0.25, 0.3) is 0 Å². The largest absolute Gasteiger partial charge is 0.323 e. The van der Waals surface area contributed by atoms with E-state index in [0.717, 1.165) is 6.42 Å². The van der Waals surface area contributed by atoms with Gasteiger partial charge in [0.05, 0.1) is 0 Å². The second-order valence-electron chi connectivity index (χ2n) is 6.04. The number of nitrogens with two attached hydrogens (primary N) is 1. The highest BCUT2D eigenvalue weighted by molar-refractivity contribution is 7.73. The Kier molecular flexibility index (Phi) is 3.99. The average molecular weight is 317 g/mol. The second-order valence-corrected chi connectivity index (χ2v) is 8.47. The lowest BCUT2D eigenvalue weighted by Crippen LogP contribution is -2.28. The molecule has 2 atom stereocenters. The van der Waals surface area contributed by atoms with E-state index >= 15 is 0 Å². The molecule has 0 amide bonds.